The molecule has 0 bridgehead atoms. The number of halogens is 3. The Labute approximate surface area is 116 Å². The van der Waals surface area contributed by atoms with Gasteiger partial charge in [0.1, 0.15) is 17.5 Å². The van der Waals surface area contributed by atoms with Gasteiger partial charge in [-0.25, -0.2) is 13.2 Å². The molecule has 0 aromatic heterocycles. The third-order valence-electron chi connectivity index (χ3n) is 3.94. The summed E-state index contributed by atoms with van der Waals surface area (Å²) in [6.45, 7) is 7.21. The summed E-state index contributed by atoms with van der Waals surface area (Å²) in [6.07, 6.45) is 0. The molecular weight excluding hydrogens is 270 g/mol. The number of nitrogens with two attached hydrogens (primary N) is 1. The number of rotatable bonds is 2. The molecule has 3 nitrogen and oxygen atoms in total. The van der Waals surface area contributed by atoms with Crippen molar-refractivity contribution in [3.63, 3.8) is 0 Å². The number of hydrogen-bond acceptors (Lipinski definition) is 3. The molecule has 0 radical (unpaired) electrons. The minimum absolute atomic E-state index is 0.440. The van der Waals surface area contributed by atoms with Gasteiger partial charge in [-0.3, -0.25) is 0 Å². The van der Waals surface area contributed by atoms with Crippen LogP contribution in [-0.4, -0.2) is 18.3 Å². The SMILES string of the molecule is CC1(C)OB([C@H](N)c2c(F)cc(F)cc2F)OC1(C)C. The van der Waals surface area contributed by atoms with Gasteiger partial charge in [-0.1, -0.05) is 0 Å². The lowest BCUT2D eigenvalue weighted by atomic mass is 9.74. The summed E-state index contributed by atoms with van der Waals surface area (Å²) in [6, 6.07) is 1.17. The molecule has 1 saturated heterocycles. The zero-order chi connectivity index (χ0) is 15.3. The first-order valence-corrected chi connectivity index (χ1v) is 6.31. The molecule has 1 heterocycles. The van der Waals surface area contributed by atoms with E-state index in [1.54, 1.807) is 27.7 Å². The lowest BCUT2D eigenvalue weighted by Crippen LogP contribution is -2.41. The Kier molecular flexibility index (Phi) is 3.65. The van der Waals surface area contributed by atoms with Crippen molar-refractivity contribution < 1.29 is 22.5 Å². The highest BCUT2D eigenvalue weighted by Crippen LogP contribution is 2.40. The molecule has 1 aromatic carbocycles. The van der Waals surface area contributed by atoms with Gasteiger partial charge in [-0.05, 0) is 27.7 Å². The minimum atomic E-state index is -1.18. The summed E-state index contributed by atoms with van der Waals surface area (Å²) in [5, 5.41) is 0. The van der Waals surface area contributed by atoms with Gasteiger partial charge in [0.2, 0.25) is 0 Å². The summed E-state index contributed by atoms with van der Waals surface area (Å²) >= 11 is 0. The van der Waals surface area contributed by atoms with Crippen molar-refractivity contribution in [3.05, 3.63) is 35.1 Å². The molecular formula is C13H17BF3NO2. The molecule has 0 spiro atoms. The first kappa shape index (κ1) is 15.3. The van der Waals surface area contributed by atoms with Gasteiger partial charge < -0.3 is 15.0 Å². The van der Waals surface area contributed by atoms with Gasteiger partial charge in [0.05, 0.1) is 17.1 Å². The highest BCUT2D eigenvalue weighted by molar-refractivity contribution is 6.47. The van der Waals surface area contributed by atoms with Crippen LogP contribution in [0.2, 0.25) is 0 Å². The normalized spacial score (nSPS) is 22.1. The molecule has 110 valence electrons. The first-order chi connectivity index (χ1) is 9.05. The molecule has 0 amide bonds. The van der Waals surface area contributed by atoms with Crippen LogP contribution in [0.3, 0.4) is 0 Å². The molecule has 20 heavy (non-hydrogen) atoms. The summed E-state index contributed by atoms with van der Waals surface area (Å²) in [5.41, 5.74) is 4.07. The van der Waals surface area contributed by atoms with Gasteiger partial charge in [0, 0.05) is 17.7 Å². The summed E-state index contributed by atoms with van der Waals surface area (Å²) in [5.74, 6) is -4.28. The highest BCUT2D eigenvalue weighted by atomic mass is 19.1. The molecule has 1 aliphatic heterocycles. The van der Waals surface area contributed by atoms with Crippen molar-refractivity contribution in [1.29, 1.82) is 0 Å². The Morgan fingerprint density at radius 2 is 1.40 bits per heavy atom. The van der Waals surface area contributed by atoms with E-state index in [0.29, 0.717) is 12.1 Å². The van der Waals surface area contributed by atoms with Crippen LogP contribution in [0.1, 0.15) is 39.2 Å². The Balaban J connectivity index is 2.33. The van der Waals surface area contributed by atoms with Gasteiger partial charge in [-0.15, -0.1) is 0 Å². The molecule has 1 fully saturated rings. The van der Waals surface area contributed by atoms with E-state index in [2.05, 4.69) is 0 Å². The van der Waals surface area contributed by atoms with Crippen molar-refractivity contribution in [1.82, 2.24) is 0 Å². The first-order valence-electron chi connectivity index (χ1n) is 6.31. The van der Waals surface area contributed by atoms with Gasteiger partial charge >= 0.3 is 7.12 Å². The molecule has 0 saturated carbocycles. The fourth-order valence-electron chi connectivity index (χ4n) is 2.04. The molecule has 7 heteroatoms. The maximum absolute atomic E-state index is 13.7. The Morgan fingerprint density at radius 1 is 1.00 bits per heavy atom. The molecule has 0 aliphatic carbocycles. The van der Waals surface area contributed by atoms with E-state index in [1.165, 1.54) is 0 Å². The summed E-state index contributed by atoms with van der Waals surface area (Å²) < 4.78 is 51.7. The third kappa shape index (κ3) is 2.45. The van der Waals surface area contributed by atoms with Crippen molar-refractivity contribution in [2.24, 2.45) is 5.73 Å². The molecule has 1 atom stereocenters. The van der Waals surface area contributed by atoms with Crippen LogP contribution in [0.25, 0.3) is 0 Å². The standard InChI is InChI=1S/C13H17BF3NO2/c1-12(2)13(3,4)20-14(19-12)11(18)10-8(16)5-7(15)6-9(10)17/h5-6,11H,18H2,1-4H3/t11-/m1/s1. The fourth-order valence-corrected chi connectivity index (χ4v) is 2.04. The van der Waals surface area contributed by atoms with E-state index in [0.717, 1.165) is 0 Å². The van der Waals surface area contributed by atoms with Crippen LogP contribution in [0, 0.1) is 17.5 Å². The van der Waals surface area contributed by atoms with E-state index in [9.17, 15) is 13.2 Å². The van der Waals surface area contributed by atoms with E-state index in [4.69, 9.17) is 15.0 Å². The second-order valence-electron chi connectivity index (χ2n) is 5.93. The third-order valence-corrected chi connectivity index (χ3v) is 3.94. The van der Waals surface area contributed by atoms with Crippen molar-refractivity contribution >= 4 is 7.12 Å². The van der Waals surface area contributed by atoms with Crippen molar-refractivity contribution in [2.45, 2.75) is 44.8 Å². The molecule has 1 aliphatic rings. The zero-order valence-corrected chi connectivity index (χ0v) is 11.8. The van der Waals surface area contributed by atoms with E-state index < -0.39 is 47.3 Å². The lowest BCUT2D eigenvalue weighted by molar-refractivity contribution is 0.00578. The van der Waals surface area contributed by atoms with E-state index >= 15 is 0 Å². The van der Waals surface area contributed by atoms with Gasteiger partial charge in [0.25, 0.3) is 0 Å². The van der Waals surface area contributed by atoms with Gasteiger partial charge in [0.15, 0.2) is 0 Å². The Hall–Kier alpha value is -1.05. The van der Waals surface area contributed by atoms with Crippen molar-refractivity contribution in [3.8, 4) is 0 Å². The average Bonchev–Trinajstić information content (AvgIpc) is 2.46. The fraction of sp³-hybridized carbons (Fsp3) is 0.538. The quantitative estimate of drug-likeness (QED) is 0.851. The maximum atomic E-state index is 13.7. The van der Waals surface area contributed by atoms with Crippen LogP contribution in [0.4, 0.5) is 13.2 Å². The summed E-state index contributed by atoms with van der Waals surface area (Å²) in [7, 11) is -1.01. The van der Waals surface area contributed by atoms with Gasteiger partial charge in [-0.2, -0.15) is 0 Å². The highest BCUT2D eigenvalue weighted by Gasteiger charge is 2.54. The lowest BCUT2D eigenvalue weighted by Gasteiger charge is -2.32. The average molecular weight is 287 g/mol. The van der Waals surface area contributed by atoms with Crippen LogP contribution in [-0.2, 0) is 9.31 Å². The van der Waals surface area contributed by atoms with Crippen molar-refractivity contribution in [2.75, 3.05) is 0 Å². The monoisotopic (exact) mass is 287 g/mol. The molecule has 0 unspecified atom stereocenters. The summed E-state index contributed by atoms with van der Waals surface area (Å²) in [4.78, 5) is 0. The van der Waals surface area contributed by atoms with Crippen LogP contribution in [0.15, 0.2) is 12.1 Å². The van der Waals surface area contributed by atoms with Crippen LogP contribution in [0.5, 0.6) is 0 Å². The Bertz CT molecular complexity index is 497. The topological polar surface area (TPSA) is 44.5 Å². The van der Waals surface area contributed by atoms with E-state index in [1.807, 2.05) is 0 Å². The molecule has 2 N–H and O–H groups in total. The predicted octanol–water partition coefficient (Wildman–Crippen LogP) is 2.74. The van der Waals surface area contributed by atoms with Crippen LogP contribution >= 0.6 is 0 Å². The smallest absolute Gasteiger partial charge is 0.402 e. The maximum Gasteiger partial charge on any atom is 0.480 e. The zero-order valence-electron chi connectivity index (χ0n) is 11.8. The van der Waals surface area contributed by atoms with Crippen LogP contribution < -0.4 is 5.73 Å². The predicted molar refractivity (Wildman–Crippen MR) is 69.3 cm³/mol. The molecule has 1 aromatic rings. The second-order valence-corrected chi connectivity index (χ2v) is 5.93. The Morgan fingerprint density at radius 3 is 1.80 bits per heavy atom. The number of benzene rings is 1. The second kappa shape index (κ2) is 4.75. The molecule has 2 rings (SSSR count). The van der Waals surface area contributed by atoms with E-state index in [-0.39, 0.29) is 0 Å². The minimum Gasteiger partial charge on any atom is -0.402 e. The largest absolute Gasteiger partial charge is 0.480 e. The number of hydrogen-bond donors (Lipinski definition) is 1.